The van der Waals surface area contributed by atoms with Gasteiger partial charge in [0, 0.05) is 31.4 Å². The van der Waals surface area contributed by atoms with Gasteiger partial charge in [-0.2, -0.15) is 0 Å². The van der Waals surface area contributed by atoms with E-state index in [1.807, 2.05) is 23.1 Å². The summed E-state index contributed by atoms with van der Waals surface area (Å²) in [6.45, 7) is 6.82. The van der Waals surface area contributed by atoms with Crippen LogP contribution in [0.4, 0.5) is 10.5 Å². The topological polar surface area (TPSA) is 44.4 Å². The van der Waals surface area contributed by atoms with Crippen LogP contribution in [0.3, 0.4) is 0 Å². The number of nitrogens with zero attached hydrogens (tertiary/aromatic N) is 1. The van der Waals surface area contributed by atoms with Gasteiger partial charge in [-0.3, -0.25) is 0 Å². The first-order chi connectivity index (χ1) is 9.15. The van der Waals surface area contributed by atoms with Crippen molar-refractivity contribution in [2.24, 2.45) is 0 Å². The number of hydrogen-bond acceptors (Lipinski definition) is 2. The van der Waals surface area contributed by atoms with Crippen molar-refractivity contribution >= 4 is 11.7 Å². The molecule has 1 aliphatic rings. The van der Waals surface area contributed by atoms with Crippen molar-refractivity contribution < 1.29 is 4.79 Å². The Kier molecular flexibility index (Phi) is 4.80. The van der Waals surface area contributed by atoms with Gasteiger partial charge in [-0.1, -0.05) is 26.0 Å². The summed E-state index contributed by atoms with van der Waals surface area (Å²) in [5.74, 6) is 0. The number of urea groups is 1. The molecule has 104 valence electrons. The summed E-state index contributed by atoms with van der Waals surface area (Å²) in [4.78, 5) is 13.9. The molecule has 2 amide bonds. The van der Waals surface area contributed by atoms with Gasteiger partial charge in [0.15, 0.2) is 0 Å². The quantitative estimate of drug-likeness (QED) is 0.875. The van der Waals surface area contributed by atoms with Crippen LogP contribution in [0.2, 0.25) is 0 Å². The van der Waals surface area contributed by atoms with Gasteiger partial charge in [-0.05, 0) is 30.5 Å². The lowest BCUT2D eigenvalue weighted by Gasteiger charge is -2.16. The highest BCUT2D eigenvalue weighted by molar-refractivity contribution is 5.89. The molecule has 19 heavy (non-hydrogen) atoms. The van der Waals surface area contributed by atoms with E-state index in [1.165, 1.54) is 5.56 Å². The van der Waals surface area contributed by atoms with Gasteiger partial charge in [0.1, 0.15) is 0 Å². The maximum absolute atomic E-state index is 12.0. The number of anilines is 1. The van der Waals surface area contributed by atoms with Gasteiger partial charge in [0.25, 0.3) is 0 Å². The highest BCUT2D eigenvalue weighted by Gasteiger charge is 2.17. The van der Waals surface area contributed by atoms with Gasteiger partial charge in [-0.15, -0.1) is 0 Å². The molecule has 0 saturated carbocycles. The van der Waals surface area contributed by atoms with Crippen LogP contribution in [0.15, 0.2) is 24.3 Å². The van der Waals surface area contributed by atoms with Crippen molar-refractivity contribution in [3.8, 4) is 0 Å². The molecule has 0 radical (unpaired) electrons. The fourth-order valence-electron chi connectivity index (χ4n) is 2.20. The molecule has 0 spiro atoms. The molecule has 1 aromatic carbocycles. The zero-order valence-electron chi connectivity index (χ0n) is 11.8. The first-order valence-electron chi connectivity index (χ1n) is 7.03. The predicted molar refractivity (Wildman–Crippen MR) is 78.2 cm³/mol. The molecular weight excluding hydrogens is 238 g/mol. The summed E-state index contributed by atoms with van der Waals surface area (Å²) in [6.07, 6.45) is 2.23. The third-order valence-corrected chi connectivity index (χ3v) is 3.29. The number of likely N-dealkylation sites (tertiary alicyclic amines) is 1. The van der Waals surface area contributed by atoms with E-state index in [2.05, 4.69) is 30.5 Å². The molecule has 1 fully saturated rings. The Hall–Kier alpha value is -1.55. The molecule has 0 aliphatic carbocycles. The van der Waals surface area contributed by atoms with Crippen molar-refractivity contribution in [3.63, 3.8) is 0 Å². The van der Waals surface area contributed by atoms with E-state index in [-0.39, 0.29) is 6.03 Å². The van der Waals surface area contributed by atoms with Crippen LogP contribution in [0.25, 0.3) is 0 Å². The van der Waals surface area contributed by atoms with Gasteiger partial charge >= 0.3 is 6.03 Å². The molecule has 1 aliphatic heterocycles. The minimum Gasteiger partial charge on any atom is -0.325 e. The number of carbonyl (C=O) groups excluding carboxylic acids is 1. The van der Waals surface area contributed by atoms with Crippen molar-refractivity contribution in [2.45, 2.75) is 39.3 Å². The lowest BCUT2D eigenvalue weighted by atomic mass is 10.2. The van der Waals surface area contributed by atoms with Gasteiger partial charge < -0.3 is 15.5 Å². The number of rotatable bonds is 4. The molecule has 0 bridgehead atoms. The molecule has 1 aromatic rings. The molecule has 2 N–H and O–H groups in total. The van der Waals surface area contributed by atoms with E-state index in [0.29, 0.717) is 6.04 Å². The molecule has 0 atom stereocenters. The Bertz CT molecular complexity index is 425. The van der Waals surface area contributed by atoms with Crippen LogP contribution in [-0.4, -0.2) is 30.1 Å². The summed E-state index contributed by atoms with van der Waals surface area (Å²) in [6, 6.07) is 8.50. The standard InChI is InChI=1S/C15H23N3O/c1-12(2)16-11-13-6-5-7-14(10-13)17-15(19)18-8-3-4-9-18/h5-7,10,12,16H,3-4,8-9,11H2,1-2H3,(H,17,19). The van der Waals surface area contributed by atoms with Crippen molar-refractivity contribution in [1.29, 1.82) is 0 Å². The number of carbonyl (C=O) groups is 1. The number of hydrogen-bond donors (Lipinski definition) is 2. The Morgan fingerprint density at radius 1 is 1.32 bits per heavy atom. The largest absolute Gasteiger partial charge is 0.325 e. The van der Waals surface area contributed by atoms with E-state index in [1.54, 1.807) is 0 Å². The Labute approximate surface area is 115 Å². The Morgan fingerprint density at radius 2 is 2.05 bits per heavy atom. The first-order valence-corrected chi connectivity index (χ1v) is 7.03. The van der Waals surface area contributed by atoms with E-state index < -0.39 is 0 Å². The maximum Gasteiger partial charge on any atom is 0.321 e. The Morgan fingerprint density at radius 3 is 2.74 bits per heavy atom. The fourth-order valence-corrected chi connectivity index (χ4v) is 2.20. The second-order valence-electron chi connectivity index (χ2n) is 5.36. The van der Waals surface area contributed by atoms with Crippen LogP contribution < -0.4 is 10.6 Å². The third-order valence-electron chi connectivity index (χ3n) is 3.29. The summed E-state index contributed by atoms with van der Waals surface area (Å²) in [5.41, 5.74) is 2.06. The molecule has 2 rings (SSSR count). The molecule has 4 nitrogen and oxygen atoms in total. The third kappa shape index (κ3) is 4.24. The minimum absolute atomic E-state index is 0.0199. The van der Waals surface area contributed by atoms with Gasteiger partial charge in [-0.25, -0.2) is 4.79 Å². The van der Waals surface area contributed by atoms with Crippen LogP contribution in [0, 0.1) is 0 Å². The van der Waals surface area contributed by atoms with E-state index in [4.69, 9.17) is 0 Å². The van der Waals surface area contributed by atoms with Crippen LogP contribution in [0.1, 0.15) is 32.3 Å². The van der Waals surface area contributed by atoms with Crippen LogP contribution in [0.5, 0.6) is 0 Å². The number of amides is 2. The minimum atomic E-state index is 0.0199. The van der Waals surface area contributed by atoms with E-state index >= 15 is 0 Å². The molecule has 1 saturated heterocycles. The Balaban J connectivity index is 1.92. The normalized spacial score (nSPS) is 15.0. The summed E-state index contributed by atoms with van der Waals surface area (Å²) < 4.78 is 0. The summed E-state index contributed by atoms with van der Waals surface area (Å²) in [5, 5.41) is 6.35. The molecular formula is C15H23N3O. The lowest BCUT2D eigenvalue weighted by Crippen LogP contribution is -2.32. The smallest absolute Gasteiger partial charge is 0.321 e. The fraction of sp³-hybridized carbons (Fsp3) is 0.533. The molecule has 0 unspecified atom stereocenters. The second kappa shape index (κ2) is 6.57. The van der Waals surface area contributed by atoms with Gasteiger partial charge in [0.2, 0.25) is 0 Å². The highest BCUT2D eigenvalue weighted by Crippen LogP contribution is 2.14. The van der Waals surface area contributed by atoms with Gasteiger partial charge in [0.05, 0.1) is 0 Å². The van der Waals surface area contributed by atoms with Crippen LogP contribution >= 0.6 is 0 Å². The number of benzene rings is 1. The first kappa shape index (κ1) is 13.9. The second-order valence-corrected chi connectivity index (χ2v) is 5.36. The number of nitrogens with one attached hydrogen (secondary N) is 2. The average Bonchev–Trinajstić information content (AvgIpc) is 2.91. The summed E-state index contributed by atoms with van der Waals surface area (Å²) >= 11 is 0. The van der Waals surface area contributed by atoms with Crippen molar-refractivity contribution in [2.75, 3.05) is 18.4 Å². The zero-order chi connectivity index (χ0) is 13.7. The highest BCUT2D eigenvalue weighted by atomic mass is 16.2. The molecule has 4 heteroatoms. The van der Waals surface area contributed by atoms with Crippen LogP contribution in [-0.2, 0) is 6.54 Å². The van der Waals surface area contributed by atoms with E-state index in [0.717, 1.165) is 38.2 Å². The molecule has 0 aromatic heterocycles. The van der Waals surface area contributed by atoms with E-state index in [9.17, 15) is 4.79 Å². The van der Waals surface area contributed by atoms with Crippen molar-refractivity contribution in [3.05, 3.63) is 29.8 Å². The van der Waals surface area contributed by atoms with Crippen molar-refractivity contribution in [1.82, 2.24) is 10.2 Å². The molecule has 1 heterocycles. The monoisotopic (exact) mass is 261 g/mol. The zero-order valence-corrected chi connectivity index (χ0v) is 11.8. The predicted octanol–water partition coefficient (Wildman–Crippen LogP) is 2.81. The lowest BCUT2D eigenvalue weighted by molar-refractivity contribution is 0.222. The SMILES string of the molecule is CC(C)NCc1cccc(NC(=O)N2CCCC2)c1. The summed E-state index contributed by atoms with van der Waals surface area (Å²) in [7, 11) is 0. The average molecular weight is 261 g/mol. The maximum atomic E-state index is 12.0.